The van der Waals surface area contributed by atoms with Gasteiger partial charge in [-0.25, -0.2) is 0 Å². The van der Waals surface area contributed by atoms with E-state index in [1.165, 1.54) is 11.3 Å². The summed E-state index contributed by atoms with van der Waals surface area (Å²) < 4.78 is 0. The van der Waals surface area contributed by atoms with Crippen LogP contribution in [0.3, 0.4) is 0 Å². The molecule has 4 nitrogen and oxygen atoms in total. The van der Waals surface area contributed by atoms with Crippen LogP contribution in [0.15, 0.2) is 41.8 Å². The number of piperidine rings is 1. The number of likely N-dealkylation sites (tertiary alicyclic amines) is 1. The molecule has 0 radical (unpaired) electrons. The maximum absolute atomic E-state index is 12.4. The summed E-state index contributed by atoms with van der Waals surface area (Å²) in [4.78, 5) is 27.4. The zero-order valence-corrected chi connectivity index (χ0v) is 14.8. The van der Waals surface area contributed by atoms with Crippen LogP contribution in [-0.4, -0.2) is 29.8 Å². The van der Waals surface area contributed by atoms with Crippen molar-refractivity contribution in [3.63, 3.8) is 0 Å². The molecule has 1 aliphatic heterocycles. The SMILES string of the molecule is O=C(NCc1ccccc1Cl)[C@H]1CCCN(C(=O)c2cccs2)C1. The molecule has 6 heteroatoms. The van der Waals surface area contributed by atoms with Crippen LogP contribution in [0.25, 0.3) is 0 Å². The maximum Gasteiger partial charge on any atom is 0.263 e. The quantitative estimate of drug-likeness (QED) is 0.903. The second kappa shape index (κ2) is 7.81. The number of nitrogens with zero attached hydrogens (tertiary/aromatic N) is 1. The molecule has 1 aromatic carbocycles. The van der Waals surface area contributed by atoms with E-state index in [9.17, 15) is 9.59 Å². The molecule has 2 heterocycles. The van der Waals surface area contributed by atoms with Crippen LogP contribution in [0.2, 0.25) is 5.02 Å². The molecule has 0 unspecified atom stereocenters. The molecule has 0 saturated carbocycles. The van der Waals surface area contributed by atoms with E-state index in [1.54, 1.807) is 4.90 Å². The summed E-state index contributed by atoms with van der Waals surface area (Å²) in [5, 5.41) is 5.49. The maximum atomic E-state index is 12.4. The summed E-state index contributed by atoms with van der Waals surface area (Å²) in [6.45, 7) is 1.60. The van der Waals surface area contributed by atoms with Gasteiger partial charge < -0.3 is 10.2 Å². The van der Waals surface area contributed by atoms with Crippen molar-refractivity contribution in [3.05, 3.63) is 57.2 Å². The molecule has 0 aliphatic carbocycles. The molecule has 1 aliphatic rings. The number of benzene rings is 1. The highest BCUT2D eigenvalue weighted by atomic mass is 35.5. The lowest BCUT2D eigenvalue weighted by Gasteiger charge is -2.31. The van der Waals surface area contributed by atoms with Crippen LogP contribution in [0.4, 0.5) is 0 Å². The summed E-state index contributed by atoms with van der Waals surface area (Å²) >= 11 is 7.55. The Kier molecular flexibility index (Phi) is 5.53. The second-order valence-electron chi connectivity index (χ2n) is 5.88. The number of carbonyl (C=O) groups excluding carboxylic acids is 2. The Labute approximate surface area is 150 Å². The minimum absolute atomic E-state index is 0.0152. The van der Waals surface area contributed by atoms with E-state index in [4.69, 9.17) is 11.6 Å². The molecule has 1 atom stereocenters. The monoisotopic (exact) mass is 362 g/mol. The Morgan fingerprint density at radius 1 is 1.25 bits per heavy atom. The number of nitrogens with one attached hydrogen (secondary N) is 1. The van der Waals surface area contributed by atoms with E-state index in [-0.39, 0.29) is 17.7 Å². The number of halogens is 1. The number of hydrogen-bond donors (Lipinski definition) is 1. The Morgan fingerprint density at radius 3 is 2.83 bits per heavy atom. The van der Waals surface area contributed by atoms with E-state index >= 15 is 0 Å². The third-order valence-electron chi connectivity index (χ3n) is 4.22. The first kappa shape index (κ1) is 17.0. The Bertz CT molecular complexity index is 718. The first-order valence-corrected chi connectivity index (χ1v) is 9.25. The van der Waals surface area contributed by atoms with Crippen LogP contribution in [0.1, 0.15) is 28.1 Å². The van der Waals surface area contributed by atoms with Gasteiger partial charge in [0.1, 0.15) is 0 Å². The largest absolute Gasteiger partial charge is 0.352 e. The molecule has 1 saturated heterocycles. The van der Waals surface area contributed by atoms with E-state index < -0.39 is 0 Å². The molecule has 126 valence electrons. The highest BCUT2D eigenvalue weighted by Crippen LogP contribution is 2.21. The summed E-state index contributed by atoms with van der Waals surface area (Å²) in [6.07, 6.45) is 1.66. The van der Waals surface area contributed by atoms with Crippen molar-refractivity contribution in [2.75, 3.05) is 13.1 Å². The molecule has 24 heavy (non-hydrogen) atoms. The standard InChI is InChI=1S/C18H19ClN2O2S/c19-15-7-2-1-5-13(15)11-20-17(22)14-6-3-9-21(12-14)18(23)16-8-4-10-24-16/h1-2,4-5,7-8,10,14H,3,6,9,11-12H2,(H,20,22)/t14-/m0/s1. The summed E-state index contributed by atoms with van der Waals surface area (Å²) in [6, 6.07) is 11.2. The lowest BCUT2D eigenvalue weighted by Crippen LogP contribution is -2.45. The minimum atomic E-state index is -0.162. The van der Waals surface area contributed by atoms with Gasteiger partial charge in [-0.05, 0) is 35.9 Å². The van der Waals surface area contributed by atoms with Crippen molar-refractivity contribution in [2.45, 2.75) is 19.4 Å². The van der Waals surface area contributed by atoms with Crippen LogP contribution in [-0.2, 0) is 11.3 Å². The predicted molar refractivity (Wildman–Crippen MR) is 96.2 cm³/mol. The van der Waals surface area contributed by atoms with Crippen LogP contribution >= 0.6 is 22.9 Å². The van der Waals surface area contributed by atoms with Gasteiger partial charge in [-0.3, -0.25) is 9.59 Å². The predicted octanol–water partition coefficient (Wildman–Crippen LogP) is 3.57. The lowest BCUT2D eigenvalue weighted by molar-refractivity contribution is -0.126. The molecule has 0 spiro atoms. The van der Waals surface area contributed by atoms with Crippen molar-refractivity contribution in [1.29, 1.82) is 0 Å². The van der Waals surface area contributed by atoms with Crippen molar-refractivity contribution >= 4 is 34.8 Å². The molecule has 1 N–H and O–H groups in total. The number of rotatable bonds is 4. The first-order chi connectivity index (χ1) is 11.6. The van der Waals surface area contributed by atoms with Gasteiger partial charge in [-0.1, -0.05) is 35.9 Å². The van der Waals surface area contributed by atoms with Crippen LogP contribution in [0.5, 0.6) is 0 Å². The zero-order valence-electron chi connectivity index (χ0n) is 13.2. The van der Waals surface area contributed by atoms with Gasteiger partial charge in [0, 0.05) is 24.7 Å². The van der Waals surface area contributed by atoms with Crippen molar-refractivity contribution < 1.29 is 9.59 Å². The summed E-state index contributed by atoms with van der Waals surface area (Å²) in [7, 11) is 0. The molecular formula is C18H19ClN2O2S. The van der Waals surface area contributed by atoms with Crippen LogP contribution < -0.4 is 5.32 Å². The first-order valence-electron chi connectivity index (χ1n) is 7.99. The fraction of sp³-hybridized carbons (Fsp3) is 0.333. The van der Waals surface area contributed by atoms with Gasteiger partial charge in [0.2, 0.25) is 5.91 Å². The Morgan fingerprint density at radius 2 is 2.08 bits per heavy atom. The third-order valence-corrected chi connectivity index (χ3v) is 5.45. The molecular weight excluding hydrogens is 344 g/mol. The van der Waals surface area contributed by atoms with E-state index in [1.807, 2.05) is 41.8 Å². The fourth-order valence-electron chi connectivity index (χ4n) is 2.90. The molecule has 2 aromatic rings. The molecule has 1 fully saturated rings. The van der Waals surface area contributed by atoms with E-state index in [0.717, 1.165) is 23.3 Å². The highest BCUT2D eigenvalue weighted by Gasteiger charge is 2.29. The van der Waals surface area contributed by atoms with E-state index in [2.05, 4.69) is 5.32 Å². The lowest BCUT2D eigenvalue weighted by atomic mass is 9.97. The number of carbonyl (C=O) groups is 2. The molecule has 1 aromatic heterocycles. The normalized spacial score (nSPS) is 17.5. The van der Waals surface area contributed by atoms with Crippen LogP contribution in [0, 0.1) is 5.92 Å². The van der Waals surface area contributed by atoms with Gasteiger partial charge in [-0.2, -0.15) is 0 Å². The van der Waals surface area contributed by atoms with Crippen molar-refractivity contribution in [1.82, 2.24) is 10.2 Å². The summed E-state index contributed by atoms with van der Waals surface area (Å²) in [5.74, 6) is -0.155. The van der Waals surface area contributed by atoms with Gasteiger partial charge >= 0.3 is 0 Å². The number of thiophene rings is 1. The Hall–Kier alpha value is -1.85. The van der Waals surface area contributed by atoms with E-state index in [0.29, 0.717) is 24.7 Å². The van der Waals surface area contributed by atoms with Crippen molar-refractivity contribution in [3.8, 4) is 0 Å². The number of amides is 2. The van der Waals surface area contributed by atoms with Gasteiger partial charge in [-0.15, -0.1) is 11.3 Å². The molecule has 2 amide bonds. The average molecular weight is 363 g/mol. The van der Waals surface area contributed by atoms with Crippen molar-refractivity contribution in [2.24, 2.45) is 5.92 Å². The second-order valence-corrected chi connectivity index (χ2v) is 7.23. The molecule has 0 bridgehead atoms. The average Bonchev–Trinajstić information content (AvgIpc) is 3.15. The highest BCUT2D eigenvalue weighted by molar-refractivity contribution is 7.12. The summed E-state index contributed by atoms with van der Waals surface area (Å²) in [5.41, 5.74) is 0.898. The molecule has 3 rings (SSSR count). The minimum Gasteiger partial charge on any atom is -0.352 e. The topological polar surface area (TPSA) is 49.4 Å². The number of hydrogen-bond acceptors (Lipinski definition) is 3. The zero-order chi connectivity index (χ0) is 16.9. The van der Waals surface area contributed by atoms with Gasteiger partial charge in [0.25, 0.3) is 5.91 Å². The van der Waals surface area contributed by atoms with Gasteiger partial charge in [0.05, 0.1) is 10.8 Å². The van der Waals surface area contributed by atoms with Gasteiger partial charge in [0.15, 0.2) is 0 Å². The fourth-order valence-corrected chi connectivity index (χ4v) is 3.79. The Balaban J connectivity index is 1.57. The third kappa shape index (κ3) is 3.97. The smallest absolute Gasteiger partial charge is 0.263 e.